The van der Waals surface area contributed by atoms with Crippen molar-refractivity contribution >= 4 is 23.3 Å². The normalized spacial score (nSPS) is 16.8. The van der Waals surface area contributed by atoms with Crippen molar-refractivity contribution in [3.63, 3.8) is 0 Å². The highest BCUT2D eigenvalue weighted by atomic mass is 35.5. The molecule has 2 aliphatic rings. The maximum Gasteiger partial charge on any atom is 0.256 e. The van der Waals surface area contributed by atoms with Gasteiger partial charge in [-0.15, -0.1) is 0 Å². The number of nitrogens with zero attached hydrogens (tertiary/aromatic N) is 2. The molecule has 0 unspecified atom stereocenters. The van der Waals surface area contributed by atoms with E-state index < -0.39 is 5.82 Å². The molecular formula is C22H18ClFN4O3. The van der Waals surface area contributed by atoms with Crippen LogP contribution in [0.2, 0.25) is 5.15 Å². The molecule has 0 radical (unpaired) electrons. The van der Waals surface area contributed by atoms with Crippen LogP contribution in [-0.4, -0.2) is 33.2 Å². The second-order valence-electron chi connectivity index (χ2n) is 7.82. The lowest BCUT2D eigenvalue weighted by atomic mass is 9.87. The third-order valence-corrected chi connectivity index (χ3v) is 6.01. The molecule has 0 fully saturated rings. The standard InChI is InChI=1S/C22H18ClFN4O3/c1-9-6-26-21(30)17-12-4-3-11-7-27-22(18(24)16(11)20(12)28-19(9)17)31-14-5-15(23)25-8-13(14)10(2)29/h5,7-9,28H,3-4,6H2,1-2H3,(H,26,30)/t9-/m1/s1. The number of Topliss-reactive ketones (excluding diaryl/α,β-unsaturated/α-hetero) is 1. The molecule has 0 bridgehead atoms. The van der Waals surface area contributed by atoms with Gasteiger partial charge in [0.15, 0.2) is 11.6 Å². The fourth-order valence-corrected chi connectivity index (χ4v) is 4.40. The van der Waals surface area contributed by atoms with Crippen LogP contribution in [0.4, 0.5) is 4.39 Å². The highest BCUT2D eigenvalue weighted by Crippen LogP contribution is 2.42. The zero-order valence-electron chi connectivity index (χ0n) is 16.8. The van der Waals surface area contributed by atoms with Gasteiger partial charge < -0.3 is 15.0 Å². The molecule has 1 amide bonds. The van der Waals surface area contributed by atoms with Gasteiger partial charge in [0.1, 0.15) is 10.9 Å². The number of hydrogen-bond donors (Lipinski definition) is 2. The van der Waals surface area contributed by atoms with E-state index in [1.807, 2.05) is 6.92 Å². The molecule has 1 atom stereocenters. The van der Waals surface area contributed by atoms with Crippen LogP contribution in [0.15, 0.2) is 18.5 Å². The first-order valence-electron chi connectivity index (χ1n) is 9.90. The van der Waals surface area contributed by atoms with Gasteiger partial charge in [-0.05, 0) is 30.9 Å². The van der Waals surface area contributed by atoms with Crippen molar-refractivity contribution in [1.82, 2.24) is 20.3 Å². The quantitative estimate of drug-likeness (QED) is 0.470. The number of aromatic amines is 1. The molecule has 158 valence electrons. The molecule has 7 nitrogen and oxygen atoms in total. The topological polar surface area (TPSA) is 97.0 Å². The molecule has 1 aliphatic carbocycles. The Balaban J connectivity index is 1.64. The first kappa shape index (κ1) is 19.7. The number of pyridine rings is 2. The Labute approximate surface area is 182 Å². The van der Waals surface area contributed by atoms with Gasteiger partial charge in [-0.2, -0.15) is 0 Å². The van der Waals surface area contributed by atoms with Gasteiger partial charge in [-0.25, -0.2) is 14.4 Å². The van der Waals surface area contributed by atoms with Crippen molar-refractivity contribution in [2.45, 2.75) is 32.6 Å². The largest absolute Gasteiger partial charge is 0.436 e. The molecule has 0 spiro atoms. The fourth-order valence-electron chi connectivity index (χ4n) is 4.25. The number of rotatable bonds is 3. The third kappa shape index (κ3) is 3.09. The first-order valence-corrected chi connectivity index (χ1v) is 10.3. The summed E-state index contributed by atoms with van der Waals surface area (Å²) in [6.45, 7) is 3.90. The van der Waals surface area contributed by atoms with Crippen molar-refractivity contribution in [2.75, 3.05) is 6.54 Å². The van der Waals surface area contributed by atoms with Crippen molar-refractivity contribution in [1.29, 1.82) is 0 Å². The predicted molar refractivity (Wildman–Crippen MR) is 111 cm³/mol. The van der Waals surface area contributed by atoms with Crippen LogP contribution in [0.25, 0.3) is 11.3 Å². The summed E-state index contributed by atoms with van der Waals surface area (Å²) in [5.41, 5.74) is 4.05. The van der Waals surface area contributed by atoms with E-state index in [2.05, 4.69) is 20.3 Å². The Bertz CT molecular complexity index is 1270. The number of nitrogens with one attached hydrogen (secondary N) is 2. The molecule has 0 aromatic carbocycles. The van der Waals surface area contributed by atoms with Crippen LogP contribution in [-0.2, 0) is 12.8 Å². The summed E-state index contributed by atoms with van der Waals surface area (Å²) in [6, 6.07) is 1.35. The van der Waals surface area contributed by atoms with E-state index >= 15 is 4.39 Å². The SMILES string of the molecule is CC(=O)c1cnc(Cl)cc1Oc1ncc2c(c1F)-c1[nH]c3c(c1CC2)C(=O)NC[C@H]3C. The maximum atomic E-state index is 15.7. The number of carbonyl (C=O) groups is 2. The molecule has 4 heterocycles. The first-order chi connectivity index (χ1) is 14.8. The van der Waals surface area contributed by atoms with E-state index in [4.69, 9.17) is 16.3 Å². The molecule has 3 aromatic heterocycles. The third-order valence-electron chi connectivity index (χ3n) is 5.80. The number of H-pyrrole nitrogens is 1. The average Bonchev–Trinajstić information content (AvgIpc) is 3.13. The van der Waals surface area contributed by atoms with Gasteiger partial charge in [-0.3, -0.25) is 9.59 Å². The Morgan fingerprint density at radius 1 is 1.26 bits per heavy atom. The van der Waals surface area contributed by atoms with Gasteiger partial charge in [0.25, 0.3) is 11.8 Å². The Morgan fingerprint density at radius 3 is 2.84 bits per heavy atom. The van der Waals surface area contributed by atoms with E-state index in [9.17, 15) is 9.59 Å². The minimum Gasteiger partial charge on any atom is -0.436 e. The molecule has 9 heteroatoms. The highest BCUT2D eigenvalue weighted by molar-refractivity contribution is 6.29. The maximum absolute atomic E-state index is 15.7. The Morgan fingerprint density at radius 2 is 2.06 bits per heavy atom. The van der Waals surface area contributed by atoms with Crippen LogP contribution in [0.1, 0.15) is 57.3 Å². The number of aromatic nitrogens is 3. The smallest absolute Gasteiger partial charge is 0.256 e. The number of ketones is 1. The minimum atomic E-state index is -0.660. The monoisotopic (exact) mass is 440 g/mol. The van der Waals surface area contributed by atoms with E-state index in [1.165, 1.54) is 19.2 Å². The van der Waals surface area contributed by atoms with Gasteiger partial charge >= 0.3 is 0 Å². The van der Waals surface area contributed by atoms with Crippen LogP contribution in [0.5, 0.6) is 11.6 Å². The molecule has 1 aliphatic heterocycles. The number of amides is 1. The predicted octanol–water partition coefficient (Wildman–Crippen LogP) is 4.20. The molecule has 0 saturated carbocycles. The van der Waals surface area contributed by atoms with Crippen molar-refractivity contribution in [2.24, 2.45) is 0 Å². The molecule has 0 saturated heterocycles. The fraction of sp³-hybridized carbons (Fsp3) is 0.273. The Kier molecular flexibility index (Phi) is 4.55. The van der Waals surface area contributed by atoms with Gasteiger partial charge in [0.05, 0.1) is 16.8 Å². The second-order valence-corrected chi connectivity index (χ2v) is 8.20. The van der Waals surface area contributed by atoms with Gasteiger partial charge in [0, 0.05) is 42.2 Å². The van der Waals surface area contributed by atoms with Gasteiger partial charge in [0.2, 0.25) is 0 Å². The Hall–Kier alpha value is -3.26. The van der Waals surface area contributed by atoms with Crippen LogP contribution < -0.4 is 10.1 Å². The summed E-state index contributed by atoms with van der Waals surface area (Å²) in [4.78, 5) is 35.7. The summed E-state index contributed by atoms with van der Waals surface area (Å²) >= 11 is 5.94. The van der Waals surface area contributed by atoms with Crippen LogP contribution in [0, 0.1) is 5.82 Å². The average molecular weight is 441 g/mol. The summed E-state index contributed by atoms with van der Waals surface area (Å²) in [6.07, 6.45) is 4.02. The number of fused-ring (bicyclic) bond motifs is 5. The highest BCUT2D eigenvalue weighted by Gasteiger charge is 2.34. The van der Waals surface area contributed by atoms with E-state index in [-0.39, 0.29) is 40.0 Å². The molecular weight excluding hydrogens is 423 g/mol. The van der Waals surface area contributed by atoms with Crippen molar-refractivity contribution in [3.8, 4) is 22.9 Å². The van der Waals surface area contributed by atoms with Gasteiger partial charge in [-0.1, -0.05) is 18.5 Å². The number of carbonyl (C=O) groups excluding carboxylic acids is 2. The van der Waals surface area contributed by atoms with Crippen LogP contribution >= 0.6 is 11.6 Å². The molecule has 3 aromatic rings. The number of hydrogen-bond acceptors (Lipinski definition) is 5. The van der Waals surface area contributed by atoms with E-state index in [1.54, 1.807) is 6.20 Å². The number of aryl methyl sites for hydroxylation is 1. The number of ether oxygens (including phenoxy) is 1. The minimum absolute atomic E-state index is 0.0775. The van der Waals surface area contributed by atoms with Crippen LogP contribution in [0.3, 0.4) is 0 Å². The van der Waals surface area contributed by atoms with Crippen molar-refractivity contribution in [3.05, 3.63) is 57.4 Å². The number of halogens is 2. The van der Waals surface area contributed by atoms with Crippen molar-refractivity contribution < 1.29 is 18.7 Å². The summed E-state index contributed by atoms with van der Waals surface area (Å²) < 4.78 is 21.4. The molecule has 5 rings (SSSR count). The molecule has 31 heavy (non-hydrogen) atoms. The second kappa shape index (κ2) is 7.16. The summed E-state index contributed by atoms with van der Waals surface area (Å²) in [7, 11) is 0. The lowest BCUT2D eigenvalue weighted by molar-refractivity contribution is 0.0939. The van der Waals surface area contributed by atoms with E-state index in [0.717, 1.165) is 16.8 Å². The lowest BCUT2D eigenvalue weighted by Crippen LogP contribution is -2.34. The lowest BCUT2D eigenvalue weighted by Gasteiger charge is -2.21. The van der Waals surface area contributed by atoms with E-state index in [0.29, 0.717) is 36.2 Å². The zero-order chi connectivity index (χ0) is 21.9. The molecule has 2 N–H and O–H groups in total. The summed E-state index contributed by atoms with van der Waals surface area (Å²) in [5.74, 6) is -1.20. The zero-order valence-corrected chi connectivity index (χ0v) is 17.6. The summed E-state index contributed by atoms with van der Waals surface area (Å²) in [5, 5.41) is 3.00.